The second-order valence-electron chi connectivity index (χ2n) is 3.84. The number of nitrogens with two attached hydrogens (primary N) is 1. The van der Waals surface area contributed by atoms with Crippen LogP contribution in [-0.4, -0.2) is 16.3 Å². The summed E-state index contributed by atoms with van der Waals surface area (Å²) in [5.74, 6) is 0.00676. The number of benzene rings is 1. The summed E-state index contributed by atoms with van der Waals surface area (Å²) in [6.07, 6.45) is -4.50. The van der Waals surface area contributed by atoms with Crippen molar-refractivity contribution in [1.29, 1.82) is 0 Å². The summed E-state index contributed by atoms with van der Waals surface area (Å²) >= 11 is 0. The van der Waals surface area contributed by atoms with Crippen molar-refractivity contribution < 1.29 is 18.0 Å². The molecule has 4 nitrogen and oxygen atoms in total. The van der Waals surface area contributed by atoms with Crippen molar-refractivity contribution in [3.8, 4) is 11.1 Å². The average Bonchev–Trinajstić information content (AvgIpc) is 2.63. The summed E-state index contributed by atoms with van der Waals surface area (Å²) in [7, 11) is 0. The minimum absolute atomic E-state index is 0.00676. The van der Waals surface area contributed by atoms with Crippen molar-refractivity contribution in [1.82, 2.24) is 9.94 Å². The van der Waals surface area contributed by atoms with E-state index in [0.29, 0.717) is 22.4 Å². The molecular weight excluding hydrogens is 259 g/mol. The van der Waals surface area contributed by atoms with Gasteiger partial charge in [-0.05, 0) is 12.0 Å². The number of nitrogen functional groups attached to an aromatic ring is 1. The van der Waals surface area contributed by atoms with Gasteiger partial charge < -0.3 is 5.73 Å². The van der Waals surface area contributed by atoms with Gasteiger partial charge in [0.2, 0.25) is 0 Å². The maximum Gasteiger partial charge on any atom is 0.593 e. The Morgan fingerprint density at radius 3 is 2.42 bits per heavy atom. The van der Waals surface area contributed by atoms with Gasteiger partial charge in [0.15, 0.2) is 5.82 Å². The van der Waals surface area contributed by atoms with E-state index >= 15 is 0 Å². The van der Waals surface area contributed by atoms with E-state index in [9.17, 15) is 13.2 Å². The molecule has 0 radical (unpaired) electrons. The fourth-order valence-corrected chi connectivity index (χ4v) is 1.86. The lowest BCUT2D eigenvalue weighted by molar-refractivity contribution is -0.328. The molecule has 0 aliphatic heterocycles. The monoisotopic (exact) mass is 271 g/mol. The van der Waals surface area contributed by atoms with Gasteiger partial charge in [-0.15, -0.1) is 18.3 Å². The van der Waals surface area contributed by atoms with Gasteiger partial charge in [0.05, 0.1) is 11.3 Å². The molecule has 0 bridgehead atoms. The van der Waals surface area contributed by atoms with Crippen LogP contribution < -0.4 is 10.6 Å². The number of hydrogen-bond acceptors (Lipinski definition) is 3. The van der Waals surface area contributed by atoms with Gasteiger partial charge in [-0.1, -0.05) is 42.1 Å². The molecule has 0 amide bonds. The Bertz CT molecular complexity index is 564. The molecule has 2 rings (SSSR count). The zero-order chi connectivity index (χ0) is 14.0. The lowest BCUT2D eigenvalue weighted by atomic mass is 10.0. The zero-order valence-corrected chi connectivity index (χ0v) is 10.1. The van der Waals surface area contributed by atoms with Crippen molar-refractivity contribution in [3.05, 3.63) is 36.0 Å². The molecule has 0 saturated carbocycles. The quantitative estimate of drug-likeness (QED) is 0.933. The molecule has 0 aliphatic carbocycles. The Hall–Kier alpha value is -2.18. The summed E-state index contributed by atoms with van der Waals surface area (Å²) in [4.78, 5) is 4.27. The molecule has 0 fully saturated rings. The molecule has 2 aromatic rings. The van der Waals surface area contributed by atoms with E-state index in [1.165, 1.54) is 0 Å². The normalized spacial score (nSPS) is 11.6. The van der Waals surface area contributed by atoms with Gasteiger partial charge in [-0.2, -0.15) is 0 Å². The predicted octanol–water partition coefficient (Wildman–Crippen LogP) is 2.64. The summed E-state index contributed by atoms with van der Waals surface area (Å²) < 4.78 is 36.8. The molecule has 0 spiro atoms. The number of nitrogens with zero attached hydrogens (tertiary/aromatic N) is 2. The number of halogens is 3. The average molecular weight is 271 g/mol. The highest BCUT2D eigenvalue weighted by atomic mass is 19.4. The van der Waals surface area contributed by atoms with E-state index in [-0.39, 0.29) is 11.5 Å². The molecule has 1 aromatic heterocycles. The number of aromatic nitrogens is 2. The Balaban J connectivity index is 2.51. The highest BCUT2D eigenvalue weighted by Gasteiger charge is 2.34. The van der Waals surface area contributed by atoms with Crippen LogP contribution in [0.4, 0.5) is 19.0 Å². The van der Waals surface area contributed by atoms with E-state index in [0.717, 1.165) is 0 Å². The van der Waals surface area contributed by atoms with Crippen molar-refractivity contribution >= 4 is 5.82 Å². The van der Waals surface area contributed by atoms with Gasteiger partial charge >= 0.3 is 6.36 Å². The van der Waals surface area contributed by atoms with Gasteiger partial charge in [-0.25, -0.2) is 0 Å². The Morgan fingerprint density at radius 1 is 1.26 bits per heavy atom. The molecular formula is C12H12F3N3O. The van der Waals surface area contributed by atoms with E-state index in [2.05, 4.69) is 9.94 Å². The van der Waals surface area contributed by atoms with Crippen molar-refractivity contribution in [2.75, 3.05) is 5.73 Å². The van der Waals surface area contributed by atoms with Crippen LogP contribution in [0.5, 0.6) is 0 Å². The number of alkyl halides is 3. The minimum atomic E-state index is -4.81. The summed E-state index contributed by atoms with van der Waals surface area (Å²) in [5.41, 5.74) is 7.14. The summed E-state index contributed by atoms with van der Waals surface area (Å²) in [5, 5.41) is 3.60. The standard InChI is InChI=1S/C12H12F3N3O/c1-2-9-10(8-6-4-3-5-7-8)11(16)17-18(9)19-12(13,14)15/h3-7H,2H2,1H3,(H2,16,17). The van der Waals surface area contributed by atoms with Crippen LogP contribution in [0.1, 0.15) is 12.6 Å². The van der Waals surface area contributed by atoms with Gasteiger partial charge in [-0.3, -0.25) is 4.84 Å². The largest absolute Gasteiger partial charge is 0.593 e. The Labute approximate surface area is 107 Å². The molecule has 2 N–H and O–H groups in total. The molecule has 19 heavy (non-hydrogen) atoms. The van der Waals surface area contributed by atoms with Crippen molar-refractivity contribution in [3.63, 3.8) is 0 Å². The van der Waals surface area contributed by atoms with Crippen LogP contribution in [0.25, 0.3) is 11.1 Å². The van der Waals surface area contributed by atoms with Gasteiger partial charge in [0, 0.05) is 0 Å². The molecule has 1 aromatic carbocycles. The lowest BCUT2D eigenvalue weighted by Crippen LogP contribution is -2.29. The zero-order valence-electron chi connectivity index (χ0n) is 10.1. The third-order valence-corrected chi connectivity index (χ3v) is 2.56. The summed E-state index contributed by atoms with van der Waals surface area (Å²) in [6, 6.07) is 8.86. The number of rotatable bonds is 3. The molecule has 0 atom stereocenters. The van der Waals surface area contributed by atoms with Crippen LogP contribution in [0, 0.1) is 0 Å². The highest BCUT2D eigenvalue weighted by molar-refractivity contribution is 5.76. The molecule has 1 heterocycles. The Morgan fingerprint density at radius 2 is 1.89 bits per heavy atom. The first-order valence-electron chi connectivity index (χ1n) is 5.61. The molecule has 7 heteroatoms. The minimum Gasteiger partial charge on any atom is -0.382 e. The van der Waals surface area contributed by atoms with Crippen LogP contribution in [0.15, 0.2) is 30.3 Å². The van der Waals surface area contributed by atoms with E-state index in [1.807, 2.05) is 6.07 Å². The van der Waals surface area contributed by atoms with E-state index < -0.39 is 6.36 Å². The topological polar surface area (TPSA) is 53.1 Å². The van der Waals surface area contributed by atoms with Crippen LogP contribution in [0.3, 0.4) is 0 Å². The maximum atomic E-state index is 12.3. The van der Waals surface area contributed by atoms with Crippen LogP contribution in [0.2, 0.25) is 0 Å². The van der Waals surface area contributed by atoms with E-state index in [4.69, 9.17) is 5.73 Å². The summed E-state index contributed by atoms with van der Waals surface area (Å²) in [6.45, 7) is 1.71. The van der Waals surface area contributed by atoms with Crippen molar-refractivity contribution in [2.45, 2.75) is 19.7 Å². The number of anilines is 1. The smallest absolute Gasteiger partial charge is 0.382 e. The first-order chi connectivity index (χ1) is 8.92. The van der Waals surface area contributed by atoms with Crippen LogP contribution >= 0.6 is 0 Å². The predicted molar refractivity (Wildman–Crippen MR) is 64.1 cm³/mol. The molecule has 102 valence electrons. The first kappa shape index (κ1) is 13.3. The SMILES string of the molecule is CCc1c(-c2ccccc2)c(N)nn1OC(F)(F)F. The molecule has 0 saturated heterocycles. The van der Waals surface area contributed by atoms with Crippen molar-refractivity contribution in [2.24, 2.45) is 0 Å². The molecule has 0 aliphatic rings. The Kier molecular flexibility index (Phi) is 3.37. The molecule has 0 unspecified atom stereocenters. The maximum absolute atomic E-state index is 12.3. The van der Waals surface area contributed by atoms with Gasteiger partial charge in [0.1, 0.15) is 0 Å². The third kappa shape index (κ3) is 2.81. The van der Waals surface area contributed by atoms with Crippen LogP contribution in [-0.2, 0) is 6.42 Å². The highest BCUT2D eigenvalue weighted by Crippen LogP contribution is 2.30. The fourth-order valence-electron chi connectivity index (χ4n) is 1.86. The van der Waals surface area contributed by atoms with Gasteiger partial charge in [0.25, 0.3) is 0 Å². The third-order valence-electron chi connectivity index (χ3n) is 2.56. The number of hydrogen-bond donors (Lipinski definition) is 1. The second kappa shape index (κ2) is 4.83. The second-order valence-corrected chi connectivity index (χ2v) is 3.84. The van der Waals surface area contributed by atoms with E-state index in [1.54, 1.807) is 31.2 Å². The first-order valence-corrected chi connectivity index (χ1v) is 5.61. The lowest BCUT2D eigenvalue weighted by Gasteiger charge is -2.10. The fraction of sp³-hybridized carbons (Fsp3) is 0.250.